The summed E-state index contributed by atoms with van der Waals surface area (Å²) in [5.41, 5.74) is 0.583. The van der Waals surface area contributed by atoms with Gasteiger partial charge in [-0.25, -0.2) is 0 Å². The number of benzene rings is 1. The Hall–Kier alpha value is -1.05. The Morgan fingerprint density at radius 3 is 2.87 bits per heavy atom. The van der Waals surface area contributed by atoms with Gasteiger partial charge in [-0.1, -0.05) is 0 Å². The second-order valence-electron chi connectivity index (χ2n) is 2.95. The van der Waals surface area contributed by atoms with E-state index in [1.807, 2.05) is 12.1 Å². The standard InChI is InChI=1S/C11H12BrNO2/c1-14-5-2-6-15-10-3-4-11(12)9(7-10)8-13/h3-4,7H,2,5-6H2,1H3. The Morgan fingerprint density at radius 2 is 2.20 bits per heavy atom. The minimum atomic E-state index is 0.583. The molecule has 0 atom stereocenters. The normalized spacial score (nSPS) is 9.67. The van der Waals surface area contributed by atoms with Crippen molar-refractivity contribution in [1.82, 2.24) is 0 Å². The quantitative estimate of drug-likeness (QED) is 0.772. The third-order valence-corrected chi connectivity index (χ3v) is 2.51. The molecule has 0 N–H and O–H groups in total. The fourth-order valence-electron chi connectivity index (χ4n) is 1.07. The summed E-state index contributed by atoms with van der Waals surface area (Å²) >= 11 is 3.29. The van der Waals surface area contributed by atoms with Gasteiger partial charge in [0.1, 0.15) is 11.8 Å². The molecular weight excluding hydrogens is 258 g/mol. The van der Waals surface area contributed by atoms with Gasteiger partial charge in [0, 0.05) is 24.6 Å². The minimum absolute atomic E-state index is 0.583. The van der Waals surface area contributed by atoms with Gasteiger partial charge in [0.05, 0.1) is 12.2 Å². The number of nitriles is 1. The third kappa shape index (κ3) is 3.90. The highest BCUT2D eigenvalue weighted by Gasteiger charge is 2.01. The van der Waals surface area contributed by atoms with E-state index in [2.05, 4.69) is 22.0 Å². The van der Waals surface area contributed by atoms with Crippen LogP contribution in [0.3, 0.4) is 0 Å². The molecule has 0 saturated carbocycles. The predicted molar refractivity (Wildman–Crippen MR) is 60.8 cm³/mol. The number of rotatable bonds is 5. The largest absolute Gasteiger partial charge is 0.493 e. The van der Waals surface area contributed by atoms with E-state index in [4.69, 9.17) is 14.7 Å². The molecule has 80 valence electrons. The maximum absolute atomic E-state index is 8.80. The Morgan fingerprint density at radius 1 is 1.40 bits per heavy atom. The molecular formula is C11H12BrNO2. The third-order valence-electron chi connectivity index (χ3n) is 1.82. The molecule has 4 heteroatoms. The minimum Gasteiger partial charge on any atom is -0.493 e. The van der Waals surface area contributed by atoms with Crippen LogP contribution < -0.4 is 4.74 Å². The summed E-state index contributed by atoms with van der Waals surface area (Å²) in [4.78, 5) is 0. The van der Waals surface area contributed by atoms with Gasteiger partial charge < -0.3 is 9.47 Å². The van der Waals surface area contributed by atoms with Crippen molar-refractivity contribution in [3.8, 4) is 11.8 Å². The number of hydrogen-bond donors (Lipinski definition) is 0. The number of halogens is 1. The van der Waals surface area contributed by atoms with Gasteiger partial charge in [-0.15, -0.1) is 0 Å². The van der Waals surface area contributed by atoms with Crippen LogP contribution in [0.4, 0.5) is 0 Å². The van der Waals surface area contributed by atoms with Crippen molar-refractivity contribution in [2.45, 2.75) is 6.42 Å². The summed E-state index contributed by atoms with van der Waals surface area (Å²) in [6.07, 6.45) is 0.842. The molecule has 0 unspecified atom stereocenters. The van der Waals surface area contributed by atoms with Crippen molar-refractivity contribution >= 4 is 15.9 Å². The molecule has 1 rings (SSSR count). The highest BCUT2D eigenvalue weighted by molar-refractivity contribution is 9.10. The van der Waals surface area contributed by atoms with Crippen LogP contribution in [0, 0.1) is 11.3 Å². The summed E-state index contributed by atoms with van der Waals surface area (Å²) in [7, 11) is 1.66. The number of ether oxygens (including phenoxy) is 2. The highest BCUT2D eigenvalue weighted by atomic mass is 79.9. The Balaban J connectivity index is 2.52. The van der Waals surface area contributed by atoms with E-state index < -0.39 is 0 Å². The smallest absolute Gasteiger partial charge is 0.120 e. The molecule has 0 fully saturated rings. The van der Waals surface area contributed by atoms with Crippen LogP contribution in [0.15, 0.2) is 22.7 Å². The van der Waals surface area contributed by atoms with Crippen molar-refractivity contribution in [3.63, 3.8) is 0 Å². The van der Waals surface area contributed by atoms with Gasteiger partial charge in [-0.05, 0) is 34.1 Å². The van der Waals surface area contributed by atoms with E-state index >= 15 is 0 Å². The summed E-state index contributed by atoms with van der Waals surface area (Å²) in [6, 6.07) is 7.45. The van der Waals surface area contributed by atoms with Crippen molar-refractivity contribution < 1.29 is 9.47 Å². The Kier molecular flexibility index (Phi) is 5.16. The summed E-state index contributed by atoms with van der Waals surface area (Å²) < 4.78 is 11.1. The molecule has 0 heterocycles. The van der Waals surface area contributed by atoms with Crippen LogP contribution in [0.5, 0.6) is 5.75 Å². The molecule has 0 aromatic heterocycles. The zero-order valence-corrected chi connectivity index (χ0v) is 10.1. The van der Waals surface area contributed by atoms with Gasteiger partial charge in [-0.2, -0.15) is 5.26 Å². The molecule has 0 radical (unpaired) electrons. The molecule has 1 aromatic rings. The molecule has 0 aliphatic heterocycles. The fraction of sp³-hybridized carbons (Fsp3) is 0.364. The highest BCUT2D eigenvalue weighted by Crippen LogP contribution is 2.21. The van der Waals surface area contributed by atoms with E-state index in [0.29, 0.717) is 24.5 Å². The molecule has 3 nitrogen and oxygen atoms in total. The number of nitrogens with zero attached hydrogens (tertiary/aromatic N) is 1. The Labute approximate surface area is 97.7 Å². The maximum atomic E-state index is 8.80. The fourth-order valence-corrected chi connectivity index (χ4v) is 1.41. The van der Waals surface area contributed by atoms with Gasteiger partial charge in [0.2, 0.25) is 0 Å². The van der Waals surface area contributed by atoms with E-state index in [1.165, 1.54) is 0 Å². The molecule has 1 aromatic carbocycles. The lowest BCUT2D eigenvalue weighted by atomic mass is 10.2. The Bertz CT molecular complexity index is 360. The molecule has 0 bridgehead atoms. The van der Waals surface area contributed by atoms with Crippen LogP contribution in [-0.2, 0) is 4.74 Å². The zero-order valence-electron chi connectivity index (χ0n) is 8.50. The number of methoxy groups -OCH3 is 1. The molecule has 0 spiro atoms. The predicted octanol–water partition coefficient (Wildman–Crippen LogP) is 2.74. The molecule has 0 aliphatic rings. The van der Waals surface area contributed by atoms with Crippen LogP contribution in [0.1, 0.15) is 12.0 Å². The summed E-state index contributed by atoms with van der Waals surface area (Å²) in [6.45, 7) is 1.28. The van der Waals surface area contributed by atoms with Crippen LogP contribution >= 0.6 is 15.9 Å². The second-order valence-corrected chi connectivity index (χ2v) is 3.80. The van der Waals surface area contributed by atoms with Crippen molar-refractivity contribution in [1.29, 1.82) is 5.26 Å². The molecule has 0 aliphatic carbocycles. The second kappa shape index (κ2) is 6.44. The van der Waals surface area contributed by atoms with Gasteiger partial charge in [0.15, 0.2) is 0 Å². The van der Waals surface area contributed by atoms with Gasteiger partial charge >= 0.3 is 0 Å². The first-order valence-electron chi connectivity index (χ1n) is 4.59. The SMILES string of the molecule is COCCCOc1ccc(Br)c(C#N)c1. The lowest BCUT2D eigenvalue weighted by molar-refractivity contribution is 0.172. The van der Waals surface area contributed by atoms with E-state index in [0.717, 1.165) is 10.9 Å². The topological polar surface area (TPSA) is 42.2 Å². The maximum Gasteiger partial charge on any atom is 0.120 e. The van der Waals surface area contributed by atoms with E-state index in [1.54, 1.807) is 13.2 Å². The van der Waals surface area contributed by atoms with Crippen LogP contribution in [0.25, 0.3) is 0 Å². The van der Waals surface area contributed by atoms with Crippen molar-refractivity contribution in [2.75, 3.05) is 20.3 Å². The lowest BCUT2D eigenvalue weighted by Gasteiger charge is -2.06. The first-order chi connectivity index (χ1) is 7.27. The summed E-state index contributed by atoms with van der Waals surface area (Å²) in [5.74, 6) is 0.714. The van der Waals surface area contributed by atoms with Crippen molar-refractivity contribution in [2.24, 2.45) is 0 Å². The average molecular weight is 270 g/mol. The van der Waals surface area contributed by atoms with Gasteiger partial charge in [0.25, 0.3) is 0 Å². The molecule has 15 heavy (non-hydrogen) atoms. The van der Waals surface area contributed by atoms with Gasteiger partial charge in [-0.3, -0.25) is 0 Å². The first-order valence-corrected chi connectivity index (χ1v) is 5.38. The molecule has 0 saturated heterocycles. The van der Waals surface area contributed by atoms with E-state index in [-0.39, 0.29) is 0 Å². The van der Waals surface area contributed by atoms with E-state index in [9.17, 15) is 0 Å². The average Bonchev–Trinajstić information content (AvgIpc) is 2.26. The van der Waals surface area contributed by atoms with Crippen LogP contribution in [0.2, 0.25) is 0 Å². The van der Waals surface area contributed by atoms with Crippen molar-refractivity contribution in [3.05, 3.63) is 28.2 Å². The molecule has 0 amide bonds. The lowest BCUT2D eigenvalue weighted by Crippen LogP contribution is -2.01. The van der Waals surface area contributed by atoms with Crippen LogP contribution in [-0.4, -0.2) is 20.3 Å². The first kappa shape index (κ1) is 12.0. The summed E-state index contributed by atoms with van der Waals surface area (Å²) in [5, 5.41) is 8.80. The zero-order chi connectivity index (χ0) is 11.1. The monoisotopic (exact) mass is 269 g/mol. The number of hydrogen-bond acceptors (Lipinski definition) is 3.